The van der Waals surface area contributed by atoms with E-state index in [-0.39, 0.29) is 25.6 Å². The molecule has 65 heavy (non-hydrogen) atoms. The third kappa shape index (κ3) is 37.3. The number of esters is 1. The molecular formula is C56H98O9. The maximum atomic E-state index is 12.8. The van der Waals surface area contributed by atoms with Crippen molar-refractivity contribution in [3.8, 4) is 0 Å². The third-order valence-corrected chi connectivity index (χ3v) is 11.9. The number of aliphatic hydroxyl groups excluding tert-OH is 4. The first-order valence-corrected chi connectivity index (χ1v) is 26.5. The molecule has 9 nitrogen and oxygen atoms in total. The minimum Gasteiger partial charge on any atom is -0.457 e. The van der Waals surface area contributed by atoms with Crippen molar-refractivity contribution in [2.45, 2.75) is 250 Å². The summed E-state index contributed by atoms with van der Waals surface area (Å²) in [7, 11) is 0. The van der Waals surface area contributed by atoms with Gasteiger partial charge in [0.15, 0.2) is 6.29 Å². The second kappa shape index (κ2) is 46.7. The summed E-state index contributed by atoms with van der Waals surface area (Å²) in [6, 6.07) is 0. The molecule has 0 aromatic heterocycles. The van der Waals surface area contributed by atoms with Crippen LogP contribution in [0.1, 0.15) is 213 Å². The predicted molar refractivity (Wildman–Crippen MR) is 270 cm³/mol. The molecule has 1 rings (SSSR count). The predicted octanol–water partition coefficient (Wildman–Crippen LogP) is 13.2. The molecule has 6 atom stereocenters. The Hall–Kier alpha value is -2.37. The topological polar surface area (TPSA) is 135 Å². The number of ether oxygens (including phenoxy) is 4. The van der Waals surface area contributed by atoms with Crippen LogP contribution in [0.15, 0.2) is 72.9 Å². The standard InChI is InChI=1S/C56H98O9/c1-3-5-7-9-11-13-15-17-19-21-23-25-27-29-31-33-35-37-39-41-43-45-52(58)64-50(49-63-56-55(61)54(60)53(59)51(47-57)65-56)48-62-46-44-42-40-38-36-34-32-30-28-26-24-22-20-18-16-14-12-10-8-6-4-2/h5,7,11,13,17,19,23,25,29,31,35,37,50-51,53-57,59-61H,3-4,6,8-10,12,14-16,18,20-22,24,26-28,30,32-34,36,38-49H2,1-2H3/b7-5-,13-11-,19-17-,25-23-,31-29-,37-35-. The van der Waals surface area contributed by atoms with E-state index in [0.29, 0.717) is 13.0 Å². The van der Waals surface area contributed by atoms with Crippen LogP contribution in [0.4, 0.5) is 0 Å². The van der Waals surface area contributed by atoms with Crippen molar-refractivity contribution in [1.82, 2.24) is 0 Å². The second-order valence-electron chi connectivity index (χ2n) is 17.9. The van der Waals surface area contributed by atoms with Gasteiger partial charge in [-0.05, 0) is 64.2 Å². The lowest BCUT2D eigenvalue weighted by Gasteiger charge is -2.39. The first-order chi connectivity index (χ1) is 31.9. The number of carbonyl (C=O) groups excluding carboxylic acids is 1. The molecule has 4 N–H and O–H groups in total. The van der Waals surface area contributed by atoms with E-state index in [1.807, 2.05) is 0 Å². The van der Waals surface area contributed by atoms with E-state index in [4.69, 9.17) is 18.9 Å². The minimum atomic E-state index is -1.55. The molecule has 0 amide bonds. The van der Waals surface area contributed by atoms with Crippen LogP contribution in [0.2, 0.25) is 0 Å². The van der Waals surface area contributed by atoms with E-state index in [1.54, 1.807) is 0 Å². The molecule has 6 unspecified atom stereocenters. The molecule has 0 bridgehead atoms. The van der Waals surface area contributed by atoms with Crippen LogP contribution in [0, 0.1) is 0 Å². The van der Waals surface area contributed by atoms with Gasteiger partial charge in [-0.3, -0.25) is 4.79 Å². The molecule has 9 heteroatoms. The maximum absolute atomic E-state index is 12.8. The molecule has 0 spiro atoms. The van der Waals surface area contributed by atoms with E-state index < -0.39 is 43.4 Å². The molecule has 0 saturated carbocycles. The minimum absolute atomic E-state index is 0.126. The quantitative estimate of drug-likeness (QED) is 0.0267. The van der Waals surface area contributed by atoms with Gasteiger partial charge in [0.2, 0.25) is 0 Å². The summed E-state index contributed by atoms with van der Waals surface area (Å²) in [5.74, 6) is -0.354. The highest BCUT2D eigenvalue weighted by molar-refractivity contribution is 5.69. The van der Waals surface area contributed by atoms with Crippen molar-refractivity contribution in [3.63, 3.8) is 0 Å². The lowest BCUT2D eigenvalue weighted by molar-refractivity contribution is -0.305. The summed E-state index contributed by atoms with van der Waals surface area (Å²) in [6.45, 7) is 4.41. The molecule has 0 aromatic rings. The average molecular weight is 915 g/mol. The second-order valence-corrected chi connectivity index (χ2v) is 17.9. The summed E-state index contributed by atoms with van der Waals surface area (Å²) in [6.07, 6.45) is 55.1. The van der Waals surface area contributed by atoms with E-state index in [9.17, 15) is 25.2 Å². The number of aliphatic hydroxyl groups is 4. The van der Waals surface area contributed by atoms with Gasteiger partial charge in [0.05, 0.1) is 19.8 Å². The highest BCUT2D eigenvalue weighted by Crippen LogP contribution is 2.23. The van der Waals surface area contributed by atoms with Crippen molar-refractivity contribution in [2.24, 2.45) is 0 Å². The van der Waals surface area contributed by atoms with Crippen LogP contribution in [0.3, 0.4) is 0 Å². The van der Waals surface area contributed by atoms with E-state index in [0.717, 1.165) is 64.2 Å². The van der Waals surface area contributed by atoms with E-state index in [1.165, 1.54) is 122 Å². The smallest absolute Gasteiger partial charge is 0.306 e. The fourth-order valence-corrected chi connectivity index (χ4v) is 7.79. The van der Waals surface area contributed by atoms with Gasteiger partial charge >= 0.3 is 5.97 Å². The number of allylic oxidation sites excluding steroid dienone is 12. The highest BCUT2D eigenvalue weighted by atomic mass is 16.7. The van der Waals surface area contributed by atoms with Crippen molar-refractivity contribution < 1.29 is 44.2 Å². The van der Waals surface area contributed by atoms with Crippen LogP contribution in [-0.2, 0) is 23.7 Å². The molecule has 376 valence electrons. The van der Waals surface area contributed by atoms with Crippen molar-refractivity contribution in [2.75, 3.05) is 26.4 Å². The molecule has 0 aliphatic carbocycles. The van der Waals surface area contributed by atoms with Gasteiger partial charge in [-0.15, -0.1) is 0 Å². The van der Waals surface area contributed by atoms with Crippen LogP contribution in [0.5, 0.6) is 0 Å². The van der Waals surface area contributed by atoms with Crippen molar-refractivity contribution in [1.29, 1.82) is 0 Å². The zero-order valence-corrected chi connectivity index (χ0v) is 41.5. The monoisotopic (exact) mass is 915 g/mol. The largest absolute Gasteiger partial charge is 0.457 e. The molecule has 0 radical (unpaired) electrons. The Morgan fingerprint density at radius 1 is 0.508 bits per heavy atom. The first-order valence-electron chi connectivity index (χ1n) is 26.5. The summed E-state index contributed by atoms with van der Waals surface area (Å²) in [5.41, 5.74) is 0. The molecule has 1 aliphatic rings. The van der Waals surface area contributed by atoms with Crippen LogP contribution in [0.25, 0.3) is 0 Å². The van der Waals surface area contributed by atoms with Crippen molar-refractivity contribution >= 4 is 5.97 Å². The fraction of sp³-hybridized carbons (Fsp3) is 0.768. The Balaban J connectivity index is 2.23. The Morgan fingerprint density at radius 2 is 0.938 bits per heavy atom. The molecule has 1 heterocycles. The molecule has 0 aromatic carbocycles. The van der Waals surface area contributed by atoms with E-state index in [2.05, 4.69) is 86.8 Å². The summed E-state index contributed by atoms with van der Waals surface area (Å²) < 4.78 is 22.9. The summed E-state index contributed by atoms with van der Waals surface area (Å²) in [4.78, 5) is 12.8. The van der Waals surface area contributed by atoms with Crippen molar-refractivity contribution in [3.05, 3.63) is 72.9 Å². The van der Waals surface area contributed by atoms with Gasteiger partial charge in [-0.25, -0.2) is 0 Å². The zero-order valence-electron chi connectivity index (χ0n) is 41.5. The zero-order chi connectivity index (χ0) is 47.1. The first kappa shape index (κ1) is 60.6. The number of rotatable bonds is 45. The molecule has 1 saturated heterocycles. The average Bonchev–Trinajstić information content (AvgIpc) is 3.31. The van der Waals surface area contributed by atoms with Crippen LogP contribution < -0.4 is 0 Å². The van der Waals surface area contributed by atoms with Crippen LogP contribution >= 0.6 is 0 Å². The number of hydrogen-bond donors (Lipinski definition) is 4. The summed E-state index contributed by atoms with van der Waals surface area (Å²) in [5, 5.41) is 40.3. The van der Waals surface area contributed by atoms with Gasteiger partial charge in [0, 0.05) is 13.0 Å². The number of unbranched alkanes of at least 4 members (excludes halogenated alkanes) is 22. The lowest BCUT2D eigenvalue weighted by atomic mass is 9.99. The van der Waals surface area contributed by atoms with Gasteiger partial charge in [0.1, 0.15) is 30.5 Å². The van der Waals surface area contributed by atoms with E-state index >= 15 is 0 Å². The SMILES string of the molecule is CC/C=C\C/C=C\C/C=C\C/C=C\C/C=C\C/C=C\CCCCC(=O)OC(COCCCCCCCCCCCCCCCCCCCCCCC)COC1OC(CO)C(O)C(O)C1O. The lowest BCUT2D eigenvalue weighted by Crippen LogP contribution is -2.59. The Bertz CT molecular complexity index is 1220. The molecular weight excluding hydrogens is 817 g/mol. The Labute approximate surface area is 397 Å². The highest BCUT2D eigenvalue weighted by Gasteiger charge is 2.44. The Morgan fingerprint density at radius 3 is 1.38 bits per heavy atom. The molecule has 1 aliphatic heterocycles. The van der Waals surface area contributed by atoms with Gasteiger partial charge in [-0.2, -0.15) is 0 Å². The third-order valence-electron chi connectivity index (χ3n) is 11.9. The normalized spacial score (nSPS) is 20.0. The Kier molecular flexibility index (Phi) is 43.6. The van der Waals surface area contributed by atoms with Gasteiger partial charge < -0.3 is 39.4 Å². The maximum Gasteiger partial charge on any atom is 0.306 e. The molecule has 1 fully saturated rings. The van der Waals surface area contributed by atoms with Gasteiger partial charge in [-0.1, -0.05) is 215 Å². The number of hydrogen-bond acceptors (Lipinski definition) is 9. The number of carbonyl (C=O) groups is 1. The van der Waals surface area contributed by atoms with Gasteiger partial charge in [0.25, 0.3) is 0 Å². The van der Waals surface area contributed by atoms with Crippen LogP contribution in [-0.4, -0.2) is 89.6 Å². The fourth-order valence-electron chi connectivity index (χ4n) is 7.79. The summed E-state index contributed by atoms with van der Waals surface area (Å²) >= 11 is 0.